The first-order valence-corrected chi connectivity index (χ1v) is 8.57. The van der Waals surface area contributed by atoms with Crippen LogP contribution < -0.4 is 19.5 Å². The highest BCUT2D eigenvalue weighted by Gasteiger charge is 2.24. The van der Waals surface area contributed by atoms with Crippen LogP contribution in [0.3, 0.4) is 0 Å². The summed E-state index contributed by atoms with van der Waals surface area (Å²) in [5.41, 5.74) is 1.01. The second kappa shape index (κ2) is 9.36. The molecule has 140 valence electrons. The van der Waals surface area contributed by atoms with Crippen LogP contribution in [-0.4, -0.2) is 58.1 Å². The van der Waals surface area contributed by atoms with Crippen molar-refractivity contribution in [2.24, 2.45) is 0 Å². The molecule has 1 saturated heterocycles. The van der Waals surface area contributed by atoms with Crippen molar-refractivity contribution >= 4 is 6.09 Å². The Balaban J connectivity index is 1.93. The summed E-state index contributed by atoms with van der Waals surface area (Å²) >= 11 is 0. The Hall–Kier alpha value is -2.15. The lowest BCUT2D eigenvalue weighted by Gasteiger charge is -2.31. The number of hydrogen-bond donors (Lipinski definition) is 1. The standard InChI is InChI=1S/C18H28N2O5/c1-5-25-18(21)20-10-8-14(9-11-20)19-12-13-6-7-15(22-2)17(24-4)16(13)23-3/h6-7,14,19H,5,8-12H2,1-4H3. The van der Waals surface area contributed by atoms with E-state index in [1.807, 2.05) is 19.1 Å². The fourth-order valence-electron chi connectivity index (χ4n) is 3.04. The average Bonchev–Trinajstić information content (AvgIpc) is 2.65. The molecular weight excluding hydrogens is 324 g/mol. The first kappa shape index (κ1) is 19.2. The number of likely N-dealkylation sites (tertiary alicyclic amines) is 1. The maximum Gasteiger partial charge on any atom is 0.409 e. The summed E-state index contributed by atoms with van der Waals surface area (Å²) in [6, 6.07) is 4.20. The lowest BCUT2D eigenvalue weighted by Crippen LogP contribution is -2.44. The van der Waals surface area contributed by atoms with Crippen LogP contribution >= 0.6 is 0 Å². The van der Waals surface area contributed by atoms with Gasteiger partial charge in [0.2, 0.25) is 5.75 Å². The number of nitrogens with zero attached hydrogens (tertiary/aromatic N) is 1. The summed E-state index contributed by atoms with van der Waals surface area (Å²) in [6.07, 6.45) is 1.57. The predicted molar refractivity (Wildman–Crippen MR) is 94.6 cm³/mol. The highest BCUT2D eigenvalue weighted by Crippen LogP contribution is 2.39. The molecule has 25 heavy (non-hydrogen) atoms. The van der Waals surface area contributed by atoms with E-state index in [2.05, 4.69) is 5.32 Å². The highest BCUT2D eigenvalue weighted by molar-refractivity contribution is 5.67. The fraction of sp³-hybridized carbons (Fsp3) is 0.611. The number of benzene rings is 1. The molecule has 2 rings (SSSR count). The van der Waals surface area contributed by atoms with Crippen LogP contribution in [0.2, 0.25) is 0 Å². The summed E-state index contributed by atoms with van der Waals surface area (Å²) in [6.45, 7) is 4.31. The topological polar surface area (TPSA) is 69.3 Å². The molecule has 1 N–H and O–H groups in total. The molecule has 7 heteroatoms. The summed E-state index contributed by atoms with van der Waals surface area (Å²) < 4.78 is 21.3. The molecule has 1 aliphatic heterocycles. The van der Waals surface area contributed by atoms with Gasteiger partial charge >= 0.3 is 6.09 Å². The molecule has 7 nitrogen and oxygen atoms in total. The zero-order chi connectivity index (χ0) is 18.2. The fourth-order valence-corrected chi connectivity index (χ4v) is 3.04. The van der Waals surface area contributed by atoms with Crippen molar-refractivity contribution < 1.29 is 23.7 Å². The van der Waals surface area contributed by atoms with E-state index in [-0.39, 0.29) is 6.09 Å². The predicted octanol–water partition coefficient (Wildman–Crippen LogP) is 2.42. The van der Waals surface area contributed by atoms with E-state index in [1.165, 1.54) is 0 Å². The lowest BCUT2D eigenvalue weighted by molar-refractivity contribution is 0.0950. The van der Waals surface area contributed by atoms with Crippen LogP contribution in [0.4, 0.5) is 4.79 Å². The molecule has 1 aliphatic rings. The molecule has 0 unspecified atom stereocenters. The molecule has 0 radical (unpaired) electrons. The van der Waals surface area contributed by atoms with Crippen molar-refractivity contribution in [3.63, 3.8) is 0 Å². The van der Waals surface area contributed by atoms with Gasteiger partial charge in [-0.1, -0.05) is 6.07 Å². The minimum Gasteiger partial charge on any atom is -0.493 e. The Morgan fingerprint density at radius 3 is 2.36 bits per heavy atom. The van der Waals surface area contributed by atoms with Gasteiger partial charge in [0.1, 0.15) is 0 Å². The van der Waals surface area contributed by atoms with Gasteiger partial charge in [-0.05, 0) is 25.8 Å². The van der Waals surface area contributed by atoms with E-state index in [1.54, 1.807) is 26.2 Å². The second-order valence-electron chi connectivity index (χ2n) is 5.83. The van der Waals surface area contributed by atoms with Crippen molar-refractivity contribution in [3.8, 4) is 17.2 Å². The zero-order valence-corrected chi connectivity index (χ0v) is 15.5. The van der Waals surface area contributed by atoms with Crippen molar-refractivity contribution in [2.45, 2.75) is 32.4 Å². The van der Waals surface area contributed by atoms with Crippen LogP contribution in [0.25, 0.3) is 0 Å². The van der Waals surface area contributed by atoms with Gasteiger partial charge in [0.25, 0.3) is 0 Å². The van der Waals surface area contributed by atoms with Gasteiger partial charge < -0.3 is 29.2 Å². The van der Waals surface area contributed by atoms with Gasteiger partial charge in [-0.25, -0.2) is 4.79 Å². The van der Waals surface area contributed by atoms with E-state index >= 15 is 0 Å². The number of carbonyl (C=O) groups excluding carboxylic acids is 1. The Bertz CT molecular complexity index is 571. The second-order valence-corrected chi connectivity index (χ2v) is 5.83. The van der Waals surface area contributed by atoms with E-state index in [4.69, 9.17) is 18.9 Å². The van der Waals surface area contributed by atoms with E-state index < -0.39 is 0 Å². The van der Waals surface area contributed by atoms with Crippen LogP contribution in [0.1, 0.15) is 25.3 Å². The van der Waals surface area contributed by atoms with Crippen molar-refractivity contribution in [3.05, 3.63) is 17.7 Å². The third-order valence-electron chi connectivity index (χ3n) is 4.39. The molecule has 0 aromatic heterocycles. The number of piperidine rings is 1. The Morgan fingerprint density at radius 1 is 1.12 bits per heavy atom. The molecule has 1 amide bonds. The van der Waals surface area contributed by atoms with Crippen molar-refractivity contribution in [1.29, 1.82) is 0 Å². The highest BCUT2D eigenvalue weighted by atomic mass is 16.6. The quantitative estimate of drug-likeness (QED) is 0.813. The number of carbonyl (C=O) groups is 1. The molecule has 1 aromatic carbocycles. The van der Waals surface area contributed by atoms with Crippen LogP contribution in [0.5, 0.6) is 17.2 Å². The Kier molecular flexibility index (Phi) is 7.18. The summed E-state index contributed by atoms with van der Waals surface area (Å²) in [7, 11) is 4.83. The Morgan fingerprint density at radius 2 is 1.80 bits per heavy atom. The minimum atomic E-state index is -0.220. The average molecular weight is 352 g/mol. The van der Waals surface area contributed by atoms with Gasteiger partial charge in [-0.2, -0.15) is 0 Å². The van der Waals surface area contributed by atoms with E-state index in [0.29, 0.717) is 49.5 Å². The van der Waals surface area contributed by atoms with Gasteiger partial charge in [0.15, 0.2) is 11.5 Å². The molecule has 1 heterocycles. The van der Waals surface area contributed by atoms with Gasteiger partial charge in [0, 0.05) is 31.2 Å². The van der Waals surface area contributed by atoms with E-state index in [9.17, 15) is 4.79 Å². The molecule has 1 aromatic rings. The SMILES string of the molecule is CCOC(=O)N1CCC(NCc2ccc(OC)c(OC)c2OC)CC1. The number of hydrogen-bond acceptors (Lipinski definition) is 6. The summed E-state index contributed by atoms with van der Waals surface area (Å²) in [5.74, 6) is 1.92. The molecule has 1 fully saturated rings. The lowest BCUT2D eigenvalue weighted by atomic mass is 10.0. The molecule has 0 aliphatic carbocycles. The first-order chi connectivity index (χ1) is 12.1. The molecular formula is C18H28N2O5. The number of ether oxygens (including phenoxy) is 4. The van der Waals surface area contributed by atoms with Gasteiger partial charge in [-0.15, -0.1) is 0 Å². The van der Waals surface area contributed by atoms with Gasteiger partial charge in [0.05, 0.1) is 27.9 Å². The molecule has 0 spiro atoms. The number of rotatable bonds is 7. The monoisotopic (exact) mass is 352 g/mol. The molecule has 0 bridgehead atoms. The Labute approximate surface area is 149 Å². The van der Waals surface area contributed by atoms with Gasteiger partial charge in [-0.3, -0.25) is 0 Å². The smallest absolute Gasteiger partial charge is 0.409 e. The van der Waals surface area contributed by atoms with Crippen molar-refractivity contribution in [2.75, 3.05) is 41.0 Å². The third kappa shape index (κ3) is 4.69. The number of amides is 1. The van der Waals surface area contributed by atoms with Crippen LogP contribution in [-0.2, 0) is 11.3 Å². The largest absolute Gasteiger partial charge is 0.493 e. The minimum absolute atomic E-state index is 0.220. The zero-order valence-electron chi connectivity index (χ0n) is 15.5. The maximum absolute atomic E-state index is 11.7. The first-order valence-electron chi connectivity index (χ1n) is 8.57. The maximum atomic E-state index is 11.7. The molecule has 0 saturated carbocycles. The normalized spacial score (nSPS) is 15.0. The number of nitrogens with one attached hydrogen (secondary N) is 1. The summed E-state index contributed by atoms with van der Waals surface area (Å²) in [4.78, 5) is 13.5. The van der Waals surface area contributed by atoms with E-state index in [0.717, 1.165) is 18.4 Å². The summed E-state index contributed by atoms with van der Waals surface area (Å²) in [5, 5.41) is 3.54. The van der Waals surface area contributed by atoms with Crippen molar-refractivity contribution in [1.82, 2.24) is 10.2 Å². The third-order valence-corrected chi connectivity index (χ3v) is 4.39. The number of methoxy groups -OCH3 is 3. The van der Waals surface area contributed by atoms with Crippen LogP contribution in [0, 0.1) is 0 Å². The van der Waals surface area contributed by atoms with Crippen LogP contribution in [0.15, 0.2) is 12.1 Å². The molecule has 0 atom stereocenters.